The number of hydrogen-bond donors (Lipinski definition) is 0. The third-order valence-corrected chi connectivity index (χ3v) is 4.95. The molecule has 0 saturated heterocycles. The van der Waals surface area contributed by atoms with Gasteiger partial charge in [0.25, 0.3) is 0 Å². The van der Waals surface area contributed by atoms with Gasteiger partial charge in [-0.25, -0.2) is 4.98 Å². The molecule has 1 aromatic heterocycles. The lowest BCUT2D eigenvalue weighted by molar-refractivity contribution is 0.111. The molecule has 0 amide bonds. The molecule has 6 heteroatoms. The van der Waals surface area contributed by atoms with Crippen molar-refractivity contribution in [3.63, 3.8) is 0 Å². The largest absolute Gasteiger partial charge is 0.496 e. The van der Waals surface area contributed by atoms with Gasteiger partial charge in [-0.15, -0.1) is 0 Å². The van der Waals surface area contributed by atoms with Crippen LogP contribution in [0.5, 0.6) is 17.4 Å². The van der Waals surface area contributed by atoms with Gasteiger partial charge in [0.1, 0.15) is 24.7 Å². The van der Waals surface area contributed by atoms with Gasteiger partial charge in [0.05, 0.1) is 25.5 Å². The van der Waals surface area contributed by atoms with Crippen LogP contribution in [0.2, 0.25) is 0 Å². The van der Waals surface area contributed by atoms with E-state index in [1.807, 2.05) is 18.2 Å². The summed E-state index contributed by atoms with van der Waals surface area (Å²) in [5.41, 5.74) is 4.04. The number of pyridine rings is 1. The number of allylic oxidation sites excluding steroid dienone is 1. The smallest absolute Gasteiger partial charge is 0.214 e. The van der Waals surface area contributed by atoms with Crippen LogP contribution < -0.4 is 14.2 Å². The second kappa shape index (κ2) is 10.6. The van der Waals surface area contributed by atoms with Gasteiger partial charge in [-0.2, -0.15) is 0 Å². The van der Waals surface area contributed by atoms with Crippen LogP contribution in [0.15, 0.2) is 42.1 Å². The first-order valence-corrected chi connectivity index (χ1v) is 9.81. The number of methoxy groups -OCH3 is 2. The molecule has 0 saturated carbocycles. The minimum atomic E-state index is 0.372. The number of hydrogen-bond acceptors (Lipinski definition) is 6. The van der Waals surface area contributed by atoms with Gasteiger partial charge in [0.2, 0.25) is 5.88 Å². The van der Waals surface area contributed by atoms with E-state index in [1.165, 1.54) is 17.3 Å². The summed E-state index contributed by atoms with van der Waals surface area (Å²) in [6.45, 7) is 1.24. The second-order valence-electron chi connectivity index (χ2n) is 6.80. The average molecular weight is 397 g/mol. The zero-order chi connectivity index (χ0) is 20.5. The van der Waals surface area contributed by atoms with Gasteiger partial charge in [-0.3, -0.25) is 4.79 Å². The van der Waals surface area contributed by atoms with Crippen LogP contribution in [0.3, 0.4) is 0 Å². The number of para-hydroxylation sites is 1. The van der Waals surface area contributed by atoms with Crippen molar-refractivity contribution in [1.82, 2.24) is 4.98 Å². The van der Waals surface area contributed by atoms with E-state index in [0.717, 1.165) is 43.3 Å². The van der Waals surface area contributed by atoms with E-state index < -0.39 is 0 Å². The average Bonchev–Trinajstić information content (AvgIpc) is 2.78. The SMILES string of the molecule is COCCOc1cc(C=O)c(OCC2=C(c3ccccc3OC)CCCC2)cn1. The van der Waals surface area contributed by atoms with E-state index in [9.17, 15) is 4.79 Å². The van der Waals surface area contributed by atoms with Crippen LogP contribution in [-0.4, -0.2) is 45.3 Å². The van der Waals surface area contributed by atoms with Gasteiger partial charge in [-0.05, 0) is 42.9 Å². The third-order valence-electron chi connectivity index (χ3n) is 4.95. The Morgan fingerprint density at radius 2 is 1.86 bits per heavy atom. The molecule has 154 valence electrons. The number of aromatic nitrogens is 1. The number of carbonyl (C=O) groups excluding carboxylic acids is 1. The first-order valence-electron chi connectivity index (χ1n) is 9.81. The summed E-state index contributed by atoms with van der Waals surface area (Å²) in [5, 5.41) is 0. The molecule has 0 atom stereocenters. The van der Waals surface area contributed by atoms with E-state index in [0.29, 0.717) is 37.0 Å². The molecule has 1 aliphatic rings. The first-order chi connectivity index (χ1) is 14.3. The minimum Gasteiger partial charge on any atom is -0.496 e. The molecule has 1 heterocycles. The molecule has 3 rings (SSSR count). The predicted octanol–water partition coefficient (Wildman–Crippen LogP) is 4.33. The van der Waals surface area contributed by atoms with Gasteiger partial charge < -0.3 is 18.9 Å². The van der Waals surface area contributed by atoms with E-state index in [1.54, 1.807) is 20.3 Å². The standard InChI is InChI=1S/C23H27NO5/c1-26-11-12-28-23-13-18(15-25)22(14-24-23)29-16-17-7-3-4-8-19(17)20-9-5-6-10-21(20)27-2/h5-6,9-10,13-15H,3-4,7-8,11-12,16H2,1-2H3. The molecule has 1 aliphatic carbocycles. The highest BCUT2D eigenvalue weighted by atomic mass is 16.5. The van der Waals surface area contributed by atoms with Crippen LogP contribution in [0.25, 0.3) is 5.57 Å². The van der Waals surface area contributed by atoms with Crippen LogP contribution >= 0.6 is 0 Å². The molecule has 0 spiro atoms. The molecular weight excluding hydrogens is 370 g/mol. The minimum absolute atomic E-state index is 0.372. The molecule has 0 aliphatic heterocycles. The Kier molecular flexibility index (Phi) is 7.64. The molecule has 2 aromatic rings. The molecule has 0 fully saturated rings. The number of rotatable bonds is 10. The molecule has 29 heavy (non-hydrogen) atoms. The fourth-order valence-corrected chi connectivity index (χ4v) is 3.47. The molecule has 0 N–H and O–H groups in total. The maximum atomic E-state index is 11.5. The fourth-order valence-electron chi connectivity index (χ4n) is 3.47. The summed E-state index contributed by atoms with van der Waals surface area (Å²) in [6.07, 6.45) is 6.53. The quantitative estimate of drug-likeness (QED) is 0.439. The van der Waals surface area contributed by atoms with Crippen LogP contribution in [0.4, 0.5) is 0 Å². The Bertz CT molecular complexity index is 862. The van der Waals surface area contributed by atoms with E-state index in [2.05, 4.69) is 11.1 Å². The number of ether oxygens (including phenoxy) is 4. The number of nitrogens with zero attached hydrogens (tertiary/aromatic N) is 1. The van der Waals surface area contributed by atoms with Gasteiger partial charge in [0, 0.05) is 18.7 Å². The molecule has 0 unspecified atom stereocenters. The van der Waals surface area contributed by atoms with E-state index in [4.69, 9.17) is 18.9 Å². The lowest BCUT2D eigenvalue weighted by Crippen LogP contribution is -2.10. The third kappa shape index (κ3) is 5.35. The van der Waals surface area contributed by atoms with Crippen molar-refractivity contribution < 1.29 is 23.7 Å². The van der Waals surface area contributed by atoms with Crippen molar-refractivity contribution in [2.75, 3.05) is 34.0 Å². The summed E-state index contributed by atoms with van der Waals surface area (Å²) >= 11 is 0. The lowest BCUT2D eigenvalue weighted by Gasteiger charge is -2.22. The Morgan fingerprint density at radius 3 is 2.66 bits per heavy atom. The summed E-state index contributed by atoms with van der Waals surface area (Å²) in [6, 6.07) is 9.65. The zero-order valence-corrected chi connectivity index (χ0v) is 17.0. The highest BCUT2D eigenvalue weighted by Gasteiger charge is 2.18. The van der Waals surface area contributed by atoms with Gasteiger partial charge >= 0.3 is 0 Å². The van der Waals surface area contributed by atoms with Crippen LogP contribution in [0.1, 0.15) is 41.6 Å². The Balaban J connectivity index is 1.78. The zero-order valence-electron chi connectivity index (χ0n) is 17.0. The number of carbonyl (C=O) groups is 1. The predicted molar refractivity (Wildman–Crippen MR) is 111 cm³/mol. The molecule has 0 bridgehead atoms. The van der Waals surface area contributed by atoms with Crippen molar-refractivity contribution in [1.29, 1.82) is 0 Å². The maximum Gasteiger partial charge on any atom is 0.214 e. The fraction of sp³-hybridized carbons (Fsp3) is 0.391. The highest BCUT2D eigenvalue weighted by molar-refractivity contribution is 5.79. The van der Waals surface area contributed by atoms with E-state index in [-0.39, 0.29) is 0 Å². The normalized spacial score (nSPS) is 13.9. The monoisotopic (exact) mass is 397 g/mol. The van der Waals surface area contributed by atoms with Gasteiger partial charge in [0.15, 0.2) is 6.29 Å². The molecular formula is C23H27NO5. The summed E-state index contributed by atoms with van der Waals surface area (Å²) in [7, 11) is 3.29. The van der Waals surface area contributed by atoms with Crippen LogP contribution in [-0.2, 0) is 4.74 Å². The van der Waals surface area contributed by atoms with Crippen molar-refractivity contribution in [3.8, 4) is 17.4 Å². The van der Waals surface area contributed by atoms with Crippen molar-refractivity contribution in [2.45, 2.75) is 25.7 Å². The second-order valence-corrected chi connectivity index (χ2v) is 6.80. The summed E-state index contributed by atoms with van der Waals surface area (Å²) in [4.78, 5) is 15.7. The maximum absolute atomic E-state index is 11.5. The topological polar surface area (TPSA) is 66.9 Å². The molecule has 6 nitrogen and oxygen atoms in total. The van der Waals surface area contributed by atoms with Crippen molar-refractivity contribution in [2.24, 2.45) is 0 Å². The first kappa shape index (κ1) is 20.9. The lowest BCUT2D eigenvalue weighted by atomic mass is 9.87. The molecule has 0 radical (unpaired) electrons. The number of aldehydes is 1. The van der Waals surface area contributed by atoms with E-state index >= 15 is 0 Å². The van der Waals surface area contributed by atoms with Gasteiger partial charge in [-0.1, -0.05) is 18.2 Å². The summed E-state index contributed by atoms with van der Waals surface area (Å²) in [5.74, 6) is 1.70. The van der Waals surface area contributed by atoms with Crippen LogP contribution in [0, 0.1) is 0 Å². The Labute approximate surface area is 171 Å². The molecule has 1 aromatic carbocycles. The van der Waals surface area contributed by atoms with Crippen molar-refractivity contribution in [3.05, 3.63) is 53.2 Å². The Hall–Kier alpha value is -2.86. The number of benzene rings is 1. The summed E-state index contributed by atoms with van der Waals surface area (Å²) < 4.78 is 22.0. The van der Waals surface area contributed by atoms with Crippen molar-refractivity contribution >= 4 is 11.9 Å². The highest BCUT2D eigenvalue weighted by Crippen LogP contribution is 2.37. The Morgan fingerprint density at radius 1 is 1.03 bits per heavy atom.